The molecule has 0 amide bonds. The Hall–Kier alpha value is -2.27. The van der Waals surface area contributed by atoms with Gasteiger partial charge >= 0.3 is 11.2 Å². The summed E-state index contributed by atoms with van der Waals surface area (Å²) < 4.78 is 59.8. The average Bonchev–Trinajstić information content (AvgIpc) is 2.68. The molecule has 0 aliphatic carbocycles. The van der Waals surface area contributed by atoms with Gasteiger partial charge in [-0.15, -0.1) is 0 Å². The fraction of sp³-hybridized carbons (Fsp3) is 0.182. The number of alkyl halides is 4. The Bertz CT molecular complexity index is 836. The van der Waals surface area contributed by atoms with Crippen molar-refractivity contribution in [2.75, 3.05) is 0 Å². The van der Waals surface area contributed by atoms with E-state index in [-0.39, 0.29) is 28.6 Å². The predicted octanol–water partition coefficient (Wildman–Crippen LogP) is 7.03. The molecule has 0 bridgehead atoms. The van der Waals surface area contributed by atoms with Crippen LogP contribution >= 0.6 is 11.8 Å². The van der Waals surface area contributed by atoms with Crippen molar-refractivity contribution in [2.24, 2.45) is 0 Å². The highest BCUT2D eigenvalue weighted by molar-refractivity contribution is 8.00. The Kier molecular flexibility index (Phi) is 5.90. The molecule has 0 aliphatic heterocycles. The third kappa shape index (κ3) is 4.53. The summed E-state index contributed by atoms with van der Waals surface area (Å²) in [6.07, 6.45) is -0.178. The van der Waals surface area contributed by atoms with Gasteiger partial charge in [0.25, 0.3) is 0 Å². The van der Waals surface area contributed by atoms with E-state index in [9.17, 15) is 8.78 Å². The van der Waals surface area contributed by atoms with E-state index < -0.39 is 17.1 Å². The van der Waals surface area contributed by atoms with E-state index in [1.54, 1.807) is 66.7 Å². The van der Waals surface area contributed by atoms with Crippen molar-refractivity contribution in [1.82, 2.24) is 0 Å². The van der Waals surface area contributed by atoms with Crippen LogP contribution in [0.3, 0.4) is 0 Å². The van der Waals surface area contributed by atoms with Crippen LogP contribution in [0.5, 0.6) is 0 Å². The standard InChI is InChI=1S/C22H18F4S/c23-21(24,22(25,26)27-19-14-8-3-9-15-19)20(18-12-6-2-7-13-18)16-17-10-4-1-5-11-17/h1-15,20H,16H2. The lowest BCUT2D eigenvalue weighted by Gasteiger charge is -2.33. The van der Waals surface area contributed by atoms with Crippen LogP contribution in [-0.2, 0) is 6.42 Å². The van der Waals surface area contributed by atoms with Crippen LogP contribution in [-0.4, -0.2) is 11.2 Å². The van der Waals surface area contributed by atoms with Crippen LogP contribution in [0, 0.1) is 0 Å². The second kappa shape index (κ2) is 8.17. The van der Waals surface area contributed by atoms with Crippen molar-refractivity contribution in [3.05, 3.63) is 102 Å². The molecule has 0 radical (unpaired) electrons. The van der Waals surface area contributed by atoms with Gasteiger partial charge in [-0.25, -0.2) is 0 Å². The molecule has 5 heteroatoms. The van der Waals surface area contributed by atoms with Gasteiger partial charge in [0.15, 0.2) is 0 Å². The van der Waals surface area contributed by atoms with E-state index in [0.717, 1.165) is 0 Å². The molecule has 3 aromatic rings. The molecule has 0 N–H and O–H groups in total. The Morgan fingerprint density at radius 1 is 0.667 bits per heavy atom. The number of hydrogen-bond acceptors (Lipinski definition) is 1. The van der Waals surface area contributed by atoms with E-state index in [2.05, 4.69) is 0 Å². The van der Waals surface area contributed by atoms with Gasteiger partial charge in [0, 0.05) is 4.90 Å². The van der Waals surface area contributed by atoms with Crippen molar-refractivity contribution in [1.29, 1.82) is 0 Å². The van der Waals surface area contributed by atoms with E-state index in [1.807, 2.05) is 0 Å². The summed E-state index contributed by atoms with van der Waals surface area (Å²) in [4.78, 5) is 0.105. The van der Waals surface area contributed by atoms with Gasteiger partial charge in [0.1, 0.15) is 0 Å². The molecule has 0 saturated carbocycles. The lowest BCUT2D eigenvalue weighted by Crippen LogP contribution is -2.43. The van der Waals surface area contributed by atoms with Gasteiger partial charge in [0.2, 0.25) is 0 Å². The summed E-state index contributed by atoms with van der Waals surface area (Å²) in [7, 11) is 0. The Morgan fingerprint density at radius 3 is 1.70 bits per heavy atom. The van der Waals surface area contributed by atoms with Gasteiger partial charge in [-0.1, -0.05) is 78.9 Å². The zero-order chi connectivity index (χ0) is 19.3. The lowest BCUT2D eigenvalue weighted by molar-refractivity contribution is -0.167. The summed E-state index contributed by atoms with van der Waals surface area (Å²) in [5.41, 5.74) is 0.784. The molecule has 0 spiro atoms. The van der Waals surface area contributed by atoms with Gasteiger partial charge in [-0.05, 0) is 41.4 Å². The first-order valence-electron chi connectivity index (χ1n) is 8.49. The summed E-state index contributed by atoms with van der Waals surface area (Å²) in [6, 6.07) is 23.9. The van der Waals surface area contributed by atoms with E-state index >= 15 is 8.78 Å². The molecule has 0 heterocycles. The number of thioether (sulfide) groups is 1. The Balaban J connectivity index is 1.96. The smallest absolute Gasteiger partial charge is 0.198 e. The quantitative estimate of drug-likeness (QED) is 0.308. The number of benzene rings is 3. The zero-order valence-corrected chi connectivity index (χ0v) is 15.2. The van der Waals surface area contributed by atoms with Crippen LogP contribution in [0.15, 0.2) is 95.9 Å². The van der Waals surface area contributed by atoms with Crippen molar-refractivity contribution in [3.63, 3.8) is 0 Å². The summed E-state index contributed by atoms with van der Waals surface area (Å²) >= 11 is -0.0969. The normalized spacial score (nSPS) is 13.3. The largest absolute Gasteiger partial charge is 0.361 e. The maximum Gasteiger partial charge on any atom is 0.361 e. The molecule has 1 atom stereocenters. The molecule has 0 fully saturated rings. The number of hydrogen-bond donors (Lipinski definition) is 0. The highest BCUT2D eigenvalue weighted by atomic mass is 32.2. The molecule has 0 nitrogen and oxygen atoms in total. The van der Waals surface area contributed by atoms with Gasteiger partial charge < -0.3 is 0 Å². The molecule has 27 heavy (non-hydrogen) atoms. The third-order valence-electron chi connectivity index (χ3n) is 4.30. The maximum absolute atomic E-state index is 15.2. The molecule has 140 valence electrons. The zero-order valence-electron chi connectivity index (χ0n) is 14.4. The molecule has 1 unspecified atom stereocenters. The summed E-state index contributed by atoms with van der Waals surface area (Å²) in [5, 5.41) is -4.26. The van der Waals surface area contributed by atoms with Crippen LogP contribution < -0.4 is 0 Å². The average molecular weight is 390 g/mol. The molecule has 0 saturated heterocycles. The van der Waals surface area contributed by atoms with Crippen LogP contribution in [0.2, 0.25) is 0 Å². The van der Waals surface area contributed by atoms with Crippen molar-refractivity contribution in [2.45, 2.75) is 28.4 Å². The Labute approximate surface area is 160 Å². The van der Waals surface area contributed by atoms with Gasteiger partial charge in [-0.3, -0.25) is 0 Å². The number of rotatable bonds is 7. The van der Waals surface area contributed by atoms with E-state index in [0.29, 0.717) is 5.56 Å². The van der Waals surface area contributed by atoms with Crippen LogP contribution in [0.4, 0.5) is 17.6 Å². The molecular formula is C22H18F4S. The van der Waals surface area contributed by atoms with Gasteiger partial charge in [-0.2, -0.15) is 17.6 Å². The first-order valence-corrected chi connectivity index (χ1v) is 9.30. The summed E-state index contributed by atoms with van der Waals surface area (Å²) in [5.74, 6) is -5.89. The highest BCUT2D eigenvalue weighted by Gasteiger charge is 2.61. The van der Waals surface area contributed by atoms with Crippen LogP contribution in [0.1, 0.15) is 17.0 Å². The molecular weight excluding hydrogens is 372 g/mol. The fourth-order valence-electron chi connectivity index (χ4n) is 2.90. The summed E-state index contributed by atoms with van der Waals surface area (Å²) in [6.45, 7) is 0. The van der Waals surface area contributed by atoms with Gasteiger partial charge in [0.05, 0.1) is 5.92 Å². The Morgan fingerprint density at radius 2 is 1.15 bits per heavy atom. The topological polar surface area (TPSA) is 0 Å². The van der Waals surface area contributed by atoms with Crippen molar-refractivity contribution >= 4 is 11.8 Å². The third-order valence-corrected chi connectivity index (χ3v) is 5.34. The molecule has 3 aromatic carbocycles. The second-order valence-corrected chi connectivity index (χ2v) is 7.40. The van der Waals surface area contributed by atoms with E-state index in [4.69, 9.17) is 0 Å². The van der Waals surface area contributed by atoms with Crippen molar-refractivity contribution < 1.29 is 17.6 Å². The number of halogens is 4. The van der Waals surface area contributed by atoms with E-state index in [1.165, 1.54) is 24.3 Å². The fourth-order valence-corrected chi connectivity index (χ4v) is 3.77. The van der Waals surface area contributed by atoms with Crippen LogP contribution in [0.25, 0.3) is 0 Å². The minimum Gasteiger partial charge on any atom is -0.198 e. The minimum atomic E-state index is -4.26. The minimum absolute atomic E-state index is 0.0969. The molecule has 0 aromatic heterocycles. The SMILES string of the molecule is FC(F)(Sc1ccccc1)C(F)(F)C(Cc1ccccc1)c1ccccc1. The predicted molar refractivity (Wildman–Crippen MR) is 102 cm³/mol. The highest BCUT2D eigenvalue weighted by Crippen LogP contribution is 2.53. The first kappa shape index (κ1) is 19.5. The first-order chi connectivity index (χ1) is 12.9. The maximum atomic E-state index is 15.2. The molecule has 0 aliphatic rings. The monoisotopic (exact) mass is 390 g/mol. The molecule has 3 rings (SSSR count). The second-order valence-electron chi connectivity index (χ2n) is 6.21. The van der Waals surface area contributed by atoms with Crippen molar-refractivity contribution in [3.8, 4) is 0 Å². The lowest BCUT2D eigenvalue weighted by atomic mass is 9.86.